The predicted molar refractivity (Wildman–Crippen MR) is 354 cm³/mol. The Kier molecular flexibility index (Phi) is 14.9. The van der Waals surface area contributed by atoms with E-state index in [9.17, 15) is 123 Å². The number of phenolic OH excluding ortho intramolecular Hbond substituents is 19. The highest BCUT2D eigenvalue weighted by Crippen LogP contribution is 2.70. The summed E-state index contributed by atoms with van der Waals surface area (Å²) in [6.45, 7) is 0. The number of ether oxygens (including phenoxy) is 6. The minimum atomic E-state index is -2.91. The number of rotatable bonds is 8. The Labute approximate surface area is 588 Å². The van der Waals surface area contributed by atoms with Crippen molar-refractivity contribution >= 4 is 0 Å². The zero-order valence-corrected chi connectivity index (χ0v) is 53.5. The molecule has 10 aromatic rings. The number of hydrogen-bond donors (Lipinski definition) is 24. The zero-order chi connectivity index (χ0) is 74.3. The summed E-state index contributed by atoms with van der Waals surface area (Å²) in [5, 5.41) is 286. The molecular weight excluding hydrogens is 1380 g/mol. The summed E-state index contributed by atoms with van der Waals surface area (Å²) in [5.41, 5.74) is -6.14. The Morgan fingerprint density at radius 2 is 0.648 bits per heavy atom. The van der Waals surface area contributed by atoms with Gasteiger partial charge in [-0.15, -0.1) is 0 Å². The van der Waals surface area contributed by atoms with E-state index in [0.29, 0.717) is 6.07 Å². The lowest BCUT2D eigenvalue weighted by Crippen LogP contribution is -2.58. The first-order chi connectivity index (χ1) is 49.9. The molecule has 6 aliphatic rings. The van der Waals surface area contributed by atoms with Gasteiger partial charge >= 0.3 is 5.79 Å². The van der Waals surface area contributed by atoms with E-state index in [0.717, 1.165) is 103 Å². The van der Waals surface area contributed by atoms with Crippen LogP contribution in [-0.2, 0) is 12.2 Å². The fourth-order valence-corrected chi connectivity index (χ4v) is 15.8. The lowest BCUT2D eigenvalue weighted by molar-refractivity contribution is -0.219. The average Bonchev–Trinajstić information content (AvgIpc) is 0.677. The third kappa shape index (κ3) is 9.89. The molecule has 0 aliphatic carbocycles. The van der Waals surface area contributed by atoms with Crippen molar-refractivity contribution in [2.75, 3.05) is 0 Å². The van der Waals surface area contributed by atoms with Crippen LogP contribution in [0.15, 0.2) is 127 Å². The van der Waals surface area contributed by atoms with Gasteiger partial charge in [0.15, 0.2) is 75.8 Å². The van der Waals surface area contributed by atoms with Crippen LogP contribution in [0.3, 0.4) is 0 Å². The average molecular weight is 1440 g/mol. The Hall–Kier alpha value is -13.0. The molecule has 30 nitrogen and oxygen atoms in total. The molecule has 0 saturated carbocycles. The second-order valence-corrected chi connectivity index (χ2v) is 26.5. The Balaban J connectivity index is 1.06. The topological polar surface area (TPSA) is 541 Å². The molecule has 24 N–H and O–H groups in total. The minimum Gasteiger partial charge on any atom is -0.508 e. The van der Waals surface area contributed by atoms with Gasteiger partial charge in [0.05, 0.1) is 29.8 Å². The Morgan fingerprint density at radius 3 is 1.12 bits per heavy atom. The number of aliphatic hydroxyl groups excluding tert-OH is 5. The number of benzene rings is 10. The molecule has 10 aromatic carbocycles. The molecule has 2 bridgehead atoms. The van der Waals surface area contributed by atoms with Crippen LogP contribution in [-0.4, -0.2) is 153 Å². The minimum absolute atomic E-state index is 0.0171. The lowest BCUT2D eigenvalue weighted by atomic mass is 9.68. The summed E-state index contributed by atoms with van der Waals surface area (Å²) in [6.07, 6.45) is -18.7. The Morgan fingerprint density at radius 1 is 0.276 bits per heavy atom. The van der Waals surface area contributed by atoms with Crippen molar-refractivity contribution in [3.8, 4) is 144 Å². The molecule has 0 aromatic heterocycles. The van der Waals surface area contributed by atoms with Crippen LogP contribution in [0.4, 0.5) is 0 Å². The second-order valence-electron chi connectivity index (χ2n) is 26.5. The highest BCUT2D eigenvalue weighted by atomic mass is 16.7. The van der Waals surface area contributed by atoms with Gasteiger partial charge in [0.1, 0.15) is 117 Å². The van der Waals surface area contributed by atoms with Gasteiger partial charge in [-0.1, -0.05) is 24.3 Å². The van der Waals surface area contributed by atoms with E-state index >= 15 is 0 Å². The summed E-state index contributed by atoms with van der Waals surface area (Å²) in [7, 11) is 0. The van der Waals surface area contributed by atoms with E-state index in [-0.39, 0.29) is 27.8 Å². The van der Waals surface area contributed by atoms with Crippen molar-refractivity contribution in [3.05, 3.63) is 205 Å². The largest absolute Gasteiger partial charge is 0.508 e. The van der Waals surface area contributed by atoms with Gasteiger partial charge in [0.25, 0.3) is 0 Å². The van der Waals surface area contributed by atoms with Crippen LogP contribution >= 0.6 is 0 Å². The number of aromatic hydroxyl groups is 19. The molecule has 6 heterocycles. The van der Waals surface area contributed by atoms with Gasteiger partial charge in [-0.3, -0.25) is 0 Å². The van der Waals surface area contributed by atoms with Gasteiger partial charge in [-0.25, -0.2) is 0 Å². The first-order valence-corrected chi connectivity index (χ1v) is 32.2. The normalized spacial score (nSPS) is 25.1. The quantitative estimate of drug-likeness (QED) is 0.0672. The van der Waals surface area contributed by atoms with Gasteiger partial charge in [-0.05, 0) is 89.0 Å². The molecule has 540 valence electrons. The van der Waals surface area contributed by atoms with Crippen molar-refractivity contribution in [1.82, 2.24) is 0 Å². The fourth-order valence-electron chi connectivity index (χ4n) is 15.8. The molecule has 6 aliphatic heterocycles. The van der Waals surface area contributed by atoms with Crippen LogP contribution < -0.4 is 28.4 Å². The molecule has 0 fully saturated rings. The van der Waals surface area contributed by atoms with Gasteiger partial charge in [-0.2, -0.15) is 0 Å². The molecule has 105 heavy (non-hydrogen) atoms. The molecule has 0 saturated heterocycles. The standard InChI is InChI=1S/C75H60O30/c76-28-16-42(89)50-48(18-28)100-67(24-2-7-32(79)38(85)12-24)63(96)55(50)53-45(92)22-46(93)54-57(65(98)68(102-71(53)54)25-3-8-33(80)39(86)13-25)60-62(95)59-56(52-44(91)21-36(83)30-20-47(94)66(101-70(30)52)23-1-6-31(78)37(84)11-23)64(97)69(26-4-9-34(81)40(87)14-26)103-72(59)61-58-51-43(90)17-29(77)19-49(51)104-75(74(58)99,105-73(60)61)27-5-10-35(82)41(88)15-27/h1-19,21-22,47,55-58,63-69,74,76-99H,20H2/t47-,55-,56+,57-,58-,63-,64-,65-,66-,67-,68-,69-,74-,75+/m1/s1. The second kappa shape index (κ2) is 23.5. The van der Waals surface area contributed by atoms with Crippen molar-refractivity contribution in [2.45, 2.75) is 90.8 Å². The monoisotopic (exact) mass is 1440 g/mol. The van der Waals surface area contributed by atoms with Gasteiger partial charge in [0, 0.05) is 98.5 Å². The first-order valence-electron chi connectivity index (χ1n) is 32.2. The summed E-state index contributed by atoms with van der Waals surface area (Å²) in [6, 6.07) is 21.0. The molecule has 30 heteroatoms. The van der Waals surface area contributed by atoms with E-state index in [1.54, 1.807) is 0 Å². The van der Waals surface area contributed by atoms with Crippen LogP contribution in [0.2, 0.25) is 0 Å². The van der Waals surface area contributed by atoms with Crippen molar-refractivity contribution < 1.29 is 151 Å². The first kappa shape index (κ1) is 66.5. The van der Waals surface area contributed by atoms with Crippen LogP contribution in [0.5, 0.6) is 144 Å². The smallest absolute Gasteiger partial charge is 0.305 e. The van der Waals surface area contributed by atoms with Crippen molar-refractivity contribution in [2.24, 2.45) is 0 Å². The molecule has 0 unspecified atom stereocenters. The summed E-state index contributed by atoms with van der Waals surface area (Å²) in [5.74, 6) is -30.3. The third-order valence-electron chi connectivity index (χ3n) is 20.5. The third-order valence-corrected chi connectivity index (χ3v) is 20.5. The molecule has 0 radical (unpaired) electrons. The highest BCUT2D eigenvalue weighted by Gasteiger charge is 2.63. The molecule has 14 atom stereocenters. The summed E-state index contributed by atoms with van der Waals surface area (Å²) in [4.78, 5) is 0. The molecule has 0 amide bonds. The van der Waals surface area contributed by atoms with Crippen molar-refractivity contribution in [3.63, 3.8) is 0 Å². The van der Waals surface area contributed by atoms with Crippen LogP contribution in [0.25, 0.3) is 0 Å². The Bertz CT molecular complexity index is 5350. The molecule has 0 spiro atoms. The van der Waals surface area contributed by atoms with E-state index < -0.39 is 285 Å². The number of fused-ring (bicyclic) bond motifs is 11. The lowest BCUT2D eigenvalue weighted by Gasteiger charge is -2.52. The van der Waals surface area contributed by atoms with Crippen molar-refractivity contribution in [1.29, 1.82) is 0 Å². The van der Waals surface area contributed by atoms with E-state index in [4.69, 9.17) is 28.4 Å². The summed E-state index contributed by atoms with van der Waals surface area (Å²) < 4.78 is 40.4. The zero-order valence-electron chi connectivity index (χ0n) is 53.5. The SMILES string of the molecule is Oc1cc(O)c2c(c1)O[C@H](c1ccc(O)c(O)c1)[C@H](O)[C@H]2c1c(O)cc(O)c2c1O[C@H](c1ccc(O)c(O)c1)[C@H](O)[C@H]2c1c(O)c2c(c3c1O[C@]1(c4ccc(O)c(O)c4)Oc4cc(O)cc(O)c4[C@H]3[C@H]1O)O[C@H](c1ccc(O)c(O)c1)[C@H](O)[C@H]2c1c(O)cc(O)c2c1O[C@H](c1ccc(O)c(O)c1)[C@H](O)C2. The predicted octanol–water partition coefficient (Wildman–Crippen LogP) is 7.14. The van der Waals surface area contributed by atoms with Crippen LogP contribution in [0, 0.1) is 0 Å². The number of hydrogen-bond acceptors (Lipinski definition) is 30. The summed E-state index contributed by atoms with van der Waals surface area (Å²) >= 11 is 0. The fraction of sp³-hybridized carbons (Fsp3) is 0.200. The highest BCUT2D eigenvalue weighted by molar-refractivity contribution is 5.78. The maximum absolute atomic E-state index is 14.5. The molecule has 16 rings (SSSR count). The van der Waals surface area contributed by atoms with E-state index in [1.165, 1.54) is 18.2 Å². The molecular formula is C75H60O30. The van der Waals surface area contributed by atoms with E-state index in [2.05, 4.69) is 0 Å². The number of phenols is 19. The maximum atomic E-state index is 14.5. The van der Waals surface area contributed by atoms with Gasteiger partial charge < -0.3 is 151 Å². The maximum Gasteiger partial charge on any atom is 0.305 e. The van der Waals surface area contributed by atoms with Crippen LogP contribution in [0.1, 0.15) is 126 Å². The van der Waals surface area contributed by atoms with E-state index in [1.807, 2.05) is 0 Å². The number of aliphatic hydroxyl groups is 5. The van der Waals surface area contributed by atoms with Gasteiger partial charge in [0.2, 0.25) is 0 Å².